The lowest BCUT2D eigenvalue weighted by Crippen LogP contribution is -2.43. The van der Waals surface area contributed by atoms with Crippen LogP contribution in [0.15, 0.2) is 42.6 Å². The van der Waals surface area contributed by atoms with E-state index in [4.69, 9.17) is 14.1 Å². The second kappa shape index (κ2) is 11.0. The SMILES string of the molecule is CC(C)Oc1ccc(-c2ncc(-c3cccc4c3CCC43CC(=O)N(CCO[Si](C)(C)C(C)(C)C)C3)s2)cc1C#N. The number of nitriles is 1. The van der Waals surface area contributed by atoms with Gasteiger partial charge in [0.15, 0.2) is 8.32 Å². The number of nitrogens with zero attached hydrogens (tertiary/aromatic N) is 3. The van der Waals surface area contributed by atoms with Gasteiger partial charge in [0.05, 0.1) is 23.2 Å². The van der Waals surface area contributed by atoms with Crippen LogP contribution in [0.3, 0.4) is 0 Å². The van der Waals surface area contributed by atoms with Gasteiger partial charge in [-0.2, -0.15) is 5.26 Å². The second-order valence-electron chi connectivity index (χ2n) is 13.2. The molecular weight excluding hydrogens is 547 g/mol. The molecule has 3 aromatic rings. The predicted molar refractivity (Wildman–Crippen MR) is 168 cm³/mol. The van der Waals surface area contributed by atoms with Crippen LogP contribution in [-0.4, -0.2) is 49.9 Å². The smallest absolute Gasteiger partial charge is 0.223 e. The van der Waals surface area contributed by atoms with Crippen molar-refractivity contribution in [3.8, 4) is 32.8 Å². The average molecular weight is 588 g/mol. The van der Waals surface area contributed by atoms with Gasteiger partial charge < -0.3 is 14.1 Å². The first kappa shape index (κ1) is 29.5. The highest BCUT2D eigenvalue weighted by Gasteiger charge is 2.48. The topological polar surface area (TPSA) is 75.4 Å². The summed E-state index contributed by atoms with van der Waals surface area (Å²) in [7, 11) is -1.84. The summed E-state index contributed by atoms with van der Waals surface area (Å²) in [5.41, 5.74) is 5.16. The molecule has 2 aromatic carbocycles. The highest BCUT2D eigenvalue weighted by Crippen LogP contribution is 2.49. The first-order valence-electron chi connectivity index (χ1n) is 14.5. The minimum Gasteiger partial charge on any atom is -0.490 e. The fraction of sp³-hybridized carbons (Fsp3) is 0.485. The Bertz CT molecular complexity index is 1500. The minimum atomic E-state index is -1.84. The van der Waals surface area contributed by atoms with Crippen molar-refractivity contribution in [1.82, 2.24) is 9.88 Å². The Hall–Kier alpha value is -2.99. The molecular formula is C33H41N3O3SSi. The summed E-state index contributed by atoms with van der Waals surface area (Å²) in [5, 5.41) is 10.7. The number of aromatic nitrogens is 1. The Balaban J connectivity index is 1.35. The van der Waals surface area contributed by atoms with Crippen molar-refractivity contribution in [2.45, 2.75) is 83.5 Å². The monoisotopic (exact) mass is 587 g/mol. The number of amides is 1. The van der Waals surface area contributed by atoms with E-state index in [-0.39, 0.29) is 22.5 Å². The highest BCUT2D eigenvalue weighted by atomic mass is 32.1. The van der Waals surface area contributed by atoms with E-state index in [1.165, 1.54) is 16.7 Å². The Kier molecular flexibility index (Phi) is 7.92. The van der Waals surface area contributed by atoms with Crippen molar-refractivity contribution in [2.75, 3.05) is 19.7 Å². The zero-order valence-corrected chi connectivity index (χ0v) is 27.2. The molecule has 2 aliphatic rings. The minimum absolute atomic E-state index is 0.000681. The Labute approximate surface area is 249 Å². The van der Waals surface area contributed by atoms with Crippen LogP contribution in [0.1, 0.15) is 64.2 Å². The number of hydrogen-bond donors (Lipinski definition) is 0. The third-order valence-electron chi connectivity index (χ3n) is 9.05. The summed E-state index contributed by atoms with van der Waals surface area (Å²) < 4.78 is 12.2. The Morgan fingerprint density at radius 1 is 1.22 bits per heavy atom. The van der Waals surface area contributed by atoms with E-state index in [0.29, 0.717) is 30.9 Å². The van der Waals surface area contributed by atoms with Crippen LogP contribution in [0.5, 0.6) is 5.75 Å². The normalized spacial score (nSPS) is 18.8. The molecule has 8 heteroatoms. The van der Waals surface area contributed by atoms with Crippen LogP contribution < -0.4 is 4.74 Å². The van der Waals surface area contributed by atoms with Gasteiger partial charge in [-0.25, -0.2) is 4.98 Å². The molecule has 0 bridgehead atoms. The molecule has 1 unspecified atom stereocenters. The third kappa shape index (κ3) is 5.72. The van der Waals surface area contributed by atoms with Gasteiger partial charge in [0, 0.05) is 36.7 Å². The largest absolute Gasteiger partial charge is 0.490 e. The van der Waals surface area contributed by atoms with Gasteiger partial charge in [-0.05, 0) is 79.7 Å². The standard InChI is InChI=1S/C33H41N3O3SSi/c1-22(2)39-28-12-11-23(17-24(28)19-34)31-35-20-29(40-31)26-9-8-10-27-25(26)13-14-33(27)18-30(37)36(21-33)15-16-38-41(6,7)32(3,4)5/h8-12,17,20,22H,13-16,18,21H2,1-7H3. The number of thiazole rings is 1. The van der Waals surface area contributed by atoms with E-state index in [2.05, 4.69) is 58.1 Å². The van der Waals surface area contributed by atoms with E-state index in [0.717, 1.165) is 34.8 Å². The van der Waals surface area contributed by atoms with Crippen molar-refractivity contribution < 1.29 is 14.0 Å². The first-order valence-corrected chi connectivity index (χ1v) is 18.3. The molecule has 1 spiro atoms. The van der Waals surface area contributed by atoms with Crippen LogP contribution in [0.25, 0.3) is 21.0 Å². The van der Waals surface area contributed by atoms with Gasteiger partial charge in [-0.3, -0.25) is 4.79 Å². The lowest BCUT2D eigenvalue weighted by atomic mass is 9.80. The number of rotatable bonds is 8. The second-order valence-corrected chi connectivity index (χ2v) is 19.1. The molecule has 216 valence electrons. The number of ether oxygens (including phenoxy) is 1. The molecule has 6 nitrogen and oxygen atoms in total. The summed E-state index contributed by atoms with van der Waals surface area (Å²) >= 11 is 1.64. The molecule has 1 aromatic heterocycles. The van der Waals surface area contributed by atoms with E-state index in [9.17, 15) is 10.1 Å². The molecule has 1 amide bonds. The number of hydrogen-bond acceptors (Lipinski definition) is 6. The van der Waals surface area contributed by atoms with Gasteiger partial charge in [0.1, 0.15) is 16.8 Å². The van der Waals surface area contributed by atoms with Crippen molar-refractivity contribution in [3.05, 3.63) is 59.3 Å². The molecule has 5 rings (SSSR count). The van der Waals surface area contributed by atoms with Crippen LogP contribution >= 0.6 is 11.3 Å². The van der Waals surface area contributed by atoms with Crippen LogP contribution in [0.4, 0.5) is 0 Å². The zero-order valence-electron chi connectivity index (χ0n) is 25.3. The zero-order chi connectivity index (χ0) is 29.6. The Morgan fingerprint density at radius 2 is 2.00 bits per heavy atom. The van der Waals surface area contributed by atoms with Crippen molar-refractivity contribution in [1.29, 1.82) is 5.26 Å². The van der Waals surface area contributed by atoms with Crippen LogP contribution in [0, 0.1) is 11.3 Å². The Morgan fingerprint density at radius 3 is 2.71 bits per heavy atom. The fourth-order valence-electron chi connectivity index (χ4n) is 5.81. The van der Waals surface area contributed by atoms with E-state index >= 15 is 0 Å². The first-order chi connectivity index (χ1) is 19.3. The summed E-state index contributed by atoms with van der Waals surface area (Å²) in [4.78, 5) is 21.1. The van der Waals surface area contributed by atoms with E-state index < -0.39 is 8.32 Å². The van der Waals surface area contributed by atoms with Crippen LogP contribution in [-0.2, 0) is 21.1 Å². The number of likely N-dealkylation sites (tertiary alicyclic amines) is 1. The van der Waals surface area contributed by atoms with Crippen LogP contribution in [0.2, 0.25) is 18.1 Å². The molecule has 2 heterocycles. The molecule has 0 radical (unpaired) electrons. The molecule has 1 aliphatic carbocycles. The van der Waals surface area contributed by atoms with Gasteiger partial charge in [-0.15, -0.1) is 11.3 Å². The van der Waals surface area contributed by atoms with Crippen molar-refractivity contribution >= 4 is 25.6 Å². The molecule has 1 saturated heterocycles. The predicted octanol–water partition coefficient (Wildman–Crippen LogP) is 7.57. The summed E-state index contributed by atoms with van der Waals surface area (Å²) in [6.45, 7) is 17.2. The van der Waals surface area contributed by atoms with Gasteiger partial charge >= 0.3 is 0 Å². The number of fused-ring (bicyclic) bond motifs is 2. The molecule has 1 fully saturated rings. The van der Waals surface area contributed by atoms with E-state index in [1.807, 2.05) is 43.1 Å². The maximum atomic E-state index is 13.2. The summed E-state index contributed by atoms with van der Waals surface area (Å²) in [6, 6.07) is 14.5. The van der Waals surface area contributed by atoms with Gasteiger partial charge in [0.2, 0.25) is 5.91 Å². The molecule has 1 aliphatic heterocycles. The highest BCUT2D eigenvalue weighted by molar-refractivity contribution is 7.18. The average Bonchev–Trinajstić information content (AvgIpc) is 3.61. The number of benzene rings is 2. The number of carbonyl (C=O) groups is 1. The summed E-state index contributed by atoms with van der Waals surface area (Å²) in [5.74, 6) is 0.835. The summed E-state index contributed by atoms with van der Waals surface area (Å²) in [6.07, 6.45) is 4.45. The van der Waals surface area contributed by atoms with E-state index in [1.54, 1.807) is 11.3 Å². The third-order valence-corrected chi connectivity index (χ3v) is 14.7. The molecule has 41 heavy (non-hydrogen) atoms. The van der Waals surface area contributed by atoms with Crippen molar-refractivity contribution in [2.24, 2.45) is 0 Å². The number of carbonyl (C=O) groups excluding carboxylic acids is 1. The molecule has 0 saturated carbocycles. The maximum absolute atomic E-state index is 13.2. The maximum Gasteiger partial charge on any atom is 0.223 e. The van der Waals surface area contributed by atoms with Gasteiger partial charge in [0.25, 0.3) is 0 Å². The van der Waals surface area contributed by atoms with Crippen molar-refractivity contribution in [3.63, 3.8) is 0 Å². The van der Waals surface area contributed by atoms with Gasteiger partial charge in [-0.1, -0.05) is 39.0 Å². The molecule has 1 atom stereocenters. The quantitative estimate of drug-likeness (QED) is 0.254. The lowest BCUT2D eigenvalue weighted by molar-refractivity contribution is -0.128. The molecule has 0 N–H and O–H groups in total. The lowest BCUT2D eigenvalue weighted by Gasteiger charge is -2.36. The fourth-order valence-corrected chi connectivity index (χ4v) is 7.81.